The van der Waals surface area contributed by atoms with Gasteiger partial charge in [0.2, 0.25) is 5.78 Å². The second-order valence-electron chi connectivity index (χ2n) is 19.8. The van der Waals surface area contributed by atoms with Crippen molar-refractivity contribution in [2.75, 3.05) is 13.2 Å². The molecule has 15 atom stereocenters. The lowest BCUT2D eigenvalue weighted by Crippen LogP contribution is -2.69. The highest BCUT2D eigenvalue weighted by atomic mass is 19.1. The average molecular weight is 793 g/mol. The maximum absolute atomic E-state index is 17.5. The molecule has 5 unspecified atom stereocenters. The maximum atomic E-state index is 17.5. The highest BCUT2D eigenvalue weighted by Crippen LogP contribution is 2.71. The standard InChI is InChI=1S/C45H57FO11/c1-24-18-32-31-9-7-26-20-28(48)11-15-40(26,3)44(31,46)35(51)22-42(32,5)45(24,55)36(52)23-57-38(53)56-17-13-34(50)43(54)16-12-30-29-8-6-25-19-27(47)10-14-39(25,2)37(29)33(49)21-41(30,43)4/h10-11,14-15,19-20,24,29-33,35,37,49,51,54-55H,6-9,12-13,16-18,21-23H2,1-5H3/t24-,29?,30?,31?,32?,33+,35+,37?,39+,40+,41+,42+,43+,44+,45+/m1/s1. The van der Waals surface area contributed by atoms with Crippen LogP contribution in [0.15, 0.2) is 47.6 Å². The molecule has 8 aliphatic carbocycles. The second-order valence-corrected chi connectivity index (χ2v) is 19.8. The molecule has 6 fully saturated rings. The number of carbonyl (C=O) groups is 5. The molecule has 0 amide bonds. The van der Waals surface area contributed by atoms with Crippen LogP contribution in [0.5, 0.6) is 0 Å². The van der Waals surface area contributed by atoms with Crippen molar-refractivity contribution in [3.63, 3.8) is 0 Å². The number of Topliss-reactive ketones (excluding diaryl/α,β-unsaturated/α-hetero) is 2. The van der Waals surface area contributed by atoms with Gasteiger partial charge in [-0.1, -0.05) is 51.0 Å². The number of fused-ring (bicyclic) bond motifs is 10. The van der Waals surface area contributed by atoms with E-state index in [2.05, 4.69) is 6.92 Å². The molecular weight excluding hydrogens is 735 g/mol. The Kier molecular flexibility index (Phi) is 9.29. The van der Waals surface area contributed by atoms with Gasteiger partial charge in [0.05, 0.1) is 12.2 Å². The van der Waals surface area contributed by atoms with Crippen LogP contribution >= 0.6 is 0 Å². The van der Waals surface area contributed by atoms with Gasteiger partial charge in [0.1, 0.15) is 17.8 Å². The highest BCUT2D eigenvalue weighted by molar-refractivity contribution is 6.02. The third-order valence-electron chi connectivity index (χ3n) is 17.6. The zero-order valence-electron chi connectivity index (χ0n) is 33.6. The van der Waals surface area contributed by atoms with Crippen molar-refractivity contribution in [3.8, 4) is 0 Å². The normalized spacial score (nSPS) is 49.3. The van der Waals surface area contributed by atoms with Crippen molar-refractivity contribution in [2.45, 2.75) is 128 Å². The molecule has 0 spiro atoms. The van der Waals surface area contributed by atoms with Crippen molar-refractivity contribution >= 4 is 29.3 Å². The number of ketones is 4. The zero-order chi connectivity index (χ0) is 41.3. The predicted octanol–water partition coefficient (Wildman–Crippen LogP) is 5.03. The largest absolute Gasteiger partial charge is 0.508 e. The van der Waals surface area contributed by atoms with Crippen molar-refractivity contribution in [2.24, 2.45) is 57.2 Å². The molecule has 310 valence electrons. The number of hydrogen-bond donors (Lipinski definition) is 4. The van der Waals surface area contributed by atoms with Gasteiger partial charge in [0, 0.05) is 39.9 Å². The summed E-state index contributed by atoms with van der Waals surface area (Å²) >= 11 is 0. The molecular formula is C45H57FO11. The third kappa shape index (κ3) is 5.24. The minimum Gasteiger partial charge on any atom is -0.434 e. The van der Waals surface area contributed by atoms with Crippen molar-refractivity contribution in [1.29, 1.82) is 0 Å². The van der Waals surface area contributed by atoms with Gasteiger partial charge in [-0.05, 0) is 113 Å². The Hall–Kier alpha value is -3.32. The number of aliphatic hydroxyl groups excluding tert-OH is 2. The number of allylic oxidation sites excluding steroid dienone is 8. The number of rotatable bonds is 7. The SMILES string of the molecule is C[C@@H]1CC2C3CCC4=CC(=O)C=C[C@]4(C)[C@@]3(F)[C@@H](O)C[C@]2(C)[C@@]1(O)C(=O)COC(=O)OCCC(=O)[C@@]1(O)CCC2C3CCC4=CC(=O)C=C[C@]4(C)C3[C@@H](O)C[C@@]21C. The van der Waals surface area contributed by atoms with Crippen molar-refractivity contribution in [1.82, 2.24) is 0 Å². The van der Waals surface area contributed by atoms with E-state index in [9.17, 15) is 44.4 Å². The first kappa shape index (κ1) is 40.5. The lowest BCUT2D eigenvalue weighted by Gasteiger charge is -2.62. The van der Waals surface area contributed by atoms with Gasteiger partial charge in [-0.3, -0.25) is 19.2 Å². The van der Waals surface area contributed by atoms with Crippen LogP contribution in [-0.4, -0.2) is 92.0 Å². The molecule has 0 aromatic carbocycles. The molecule has 0 saturated heterocycles. The first-order valence-corrected chi connectivity index (χ1v) is 20.9. The molecule has 0 heterocycles. The van der Waals surface area contributed by atoms with E-state index in [4.69, 9.17) is 9.47 Å². The van der Waals surface area contributed by atoms with Crippen LogP contribution in [0, 0.1) is 57.2 Å². The summed E-state index contributed by atoms with van der Waals surface area (Å²) in [5, 5.41) is 47.5. The van der Waals surface area contributed by atoms with Crippen LogP contribution in [0.25, 0.3) is 0 Å². The fourth-order valence-electron chi connectivity index (χ4n) is 14.6. The molecule has 0 aromatic heterocycles. The van der Waals surface area contributed by atoms with E-state index in [0.717, 1.165) is 12.0 Å². The minimum atomic E-state index is -2.13. The number of aliphatic hydroxyl groups is 4. The van der Waals surface area contributed by atoms with Gasteiger partial charge in [-0.2, -0.15) is 0 Å². The number of hydrogen-bond acceptors (Lipinski definition) is 11. The van der Waals surface area contributed by atoms with Crippen LogP contribution in [0.1, 0.15) is 98.8 Å². The van der Waals surface area contributed by atoms with Gasteiger partial charge in [0.15, 0.2) is 29.6 Å². The van der Waals surface area contributed by atoms with E-state index in [1.807, 2.05) is 13.0 Å². The zero-order valence-corrected chi connectivity index (χ0v) is 33.6. The number of carbonyl (C=O) groups excluding carboxylic acids is 5. The summed E-state index contributed by atoms with van der Waals surface area (Å²) in [7, 11) is 0. The van der Waals surface area contributed by atoms with E-state index < -0.39 is 99.4 Å². The summed E-state index contributed by atoms with van der Waals surface area (Å²) < 4.78 is 27.9. The third-order valence-corrected chi connectivity index (χ3v) is 17.6. The molecule has 8 rings (SSSR count). The first-order valence-electron chi connectivity index (χ1n) is 20.9. The maximum Gasteiger partial charge on any atom is 0.508 e. The van der Waals surface area contributed by atoms with Gasteiger partial charge in [-0.25, -0.2) is 9.18 Å². The van der Waals surface area contributed by atoms with Crippen LogP contribution in [0.4, 0.5) is 9.18 Å². The minimum absolute atomic E-state index is 0.0348. The van der Waals surface area contributed by atoms with E-state index in [1.165, 1.54) is 12.2 Å². The van der Waals surface area contributed by atoms with Gasteiger partial charge in [0.25, 0.3) is 0 Å². The molecule has 0 radical (unpaired) electrons. The first-order chi connectivity index (χ1) is 26.6. The summed E-state index contributed by atoms with van der Waals surface area (Å²) in [6, 6.07) is 0. The molecule has 8 aliphatic rings. The van der Waals surface area contributed by atoms with Crippen molar-refractivity contribution < 1.29 is 58.3 Å². The number of halogens is 1. The fraction of sp³-hybridized carbons (Fsp3) is 0.711. The summed E-state index contributed by atoms with van der Waals surface area (Å²) in [6.07, 6.45) is 8.92. The Balaban J connectivity index is 0.887. The average Bonchev–Trinajstić information content (AvgIpc) is 3.53. The monoisotopic (exact) mass is 792 g/mol. The van der Waals surface area contributed by atoms with Crippen LogP contribution in [0.2, 0.25) is 0 Å². The lowest BCUT2D eigenvalue weighted by molar-refractivity contribution is -0.219. The molecule has 0 bridgehead atoms. The highest BCUT2D eigenvalue weighted by Gasteiger charge is 2.76. The quantitative estimate of drug-likeness (QED) is 0.254. The second kappa shape index (κ2) is 13.1. The van der Waals surface area contributed by atoms with Gasteiger partial charge < -0.3 is 29.9 Å². The topological polar surface area (TPSA) is 185 Å². The fourth-order valence-corrected chi connectivity index (χ4v) is 14.6. The van der Waals surface area contributed by atoms with E-state index >= 15 is 4.39 Å². The molecule has 6 saturated carbocycles. The van der Waals surface area contributed by atoms with E-state index in [0.29, 0.717) is 37.7 Å². The molecule has 12 heteroatoms. The molecule has 0 aliphatic heterocycles. The van der Waals surface area contributed by atoms with Crippen LogP contribution in [0.3, 0.4) is 0 Å². The summed E-state index contributed by atoms with van der Waals surface area (Å²) in [5.74, 6) is -3.57. The Bertz CT molecular complexity index is 1940. The smallest absolute Gasteiger partial charge is 0.434 e. The lowest BCUT2D eigenvalue weighted by atomic mass is 9.44. The summed E-state index contributed by atoms with van der Waals surface area (Å²) in [4.78, 5) is 64.7. The van der Waals surface area contributed by atoms with Gasteiger partial charge in [-0.15, -0.1) is 0 Å². The van der Waals surface area contributed by atoms with Crippen LogP contribution < -0.4 is 0 Å². The molecule has 4 N–H and O–H groups in total. The number of alkyl halides is 1. The summed E-state index contributed by atoms with van der Waals surface area (Å²) in [6.45, 7) is 7.77. The Morgan fingerprint density at radius 3 is 2.21 bits per heavy atom. The molecule has 0 aromatic rings. The predicted molar refractivity (Wildman–Crippen MR) is 203 cm³/mol. The summed E-state index contributed by atoms with van der Waals surface area (Å²) in [5.41, 5.74) is -8.14. The molecule has 57 heavy (non-hydrogen) atoms. The van der Waals surface area contributed by atoms with Crippen LogP contribution in [-0.2, 0) is 28.7 Å². The van der Waals surface area contributed by atoms with E-state index in [-0.39, 0.29) is 55.0 Å². The number of ether oxygens (including phenoxy) is 2. The van der Waals surface area contributed by atoms with Crippen molar-refractivity contribution in [3.05, 3.63) is 47.6 Å². The Morgan fingerprint density at radius 1 is 0.825 bits per heavy atom. The Labute approximate surface area is 332 Å². The Morgan fingerprint density at radius 2 is 1.49 bits per heavy atom. The molecule has 11 nitrogen and oxygen atoms in total. The van der Waals surface area contributed by atoms with Gasteiger partial charge >= 0.3 is 6.16 Å². The van der Waals surface area contributed by atoms with E-state index in [1.54, 1.807) is 39.0 Å².